The second-order valence-electron chi connectivity index (χ2n) is 5.40. The van der Waals surface area contributed by atoms with Gasteiger partial charge in [0.1, 0.15) is 17.2 Å². The predicted molar refractivity (Wildman–Crippen MR) is 96.5 cm³/mol. The molecule has 8 heteroatoms. The fraction of sp³-hybridized carbons (Fsp3) is 0.176. The summed E-state index contributed by atoms with van der Waals surface area (Å²) >= 11 is 5.24. The van der Waals surface area contributed by atoms with Gasteiger partial charge in [-0.1, -0.05) is 12.1 Å². The van der Waals surface area contributed by atoms with Gasteiger partial charge in [0.15, 0.2) is 5.11 Å². The van der Waals surface area contributed by atoms with E-state index < -0.39 is 4.92 Å². The SMILES string of the molecule is CCN1C(=O)/C(=C/c2ccc(-c3ccccc3[N+](=O)[O-])o2)N(C)C1=S. The van der Waals surface area contributed by atoms with Gasteiger partial charge in [-0.05, 0) is 37.3 Å². The number of rotatable bonds is 4. The summed E-state index contributed by atoms with van der Waals surface area (Å²) in [6.07, 6.45) is 1.59. The van der Waals surface area contributed by atoms with Gasteiger partial charge in [-0.15, -0.1) is 0 Å². The highest BCUT2D eigenvalue weighted by atomic mass is 32.1. The van der Waals surface area contributed by atoms with E-state index in [-0.39, 0.29) is 11.6 Å². The smallest absolute Gasteiger partial charge is 0.280 e. The number of para-hydroxylation sites is 1. The highest BCUT2D eigenvalue weighted by molar-refractivity contribution is 7.80. The number of hydrogen-bond acceptors (Lipinski definition) is 5. The second kappa shape index (κ2) is 6.48. The first-order valence-corrected chi connectivity index (χ1v) is 7.99. The van der Waals surface area contributed by atoms with Crippen LogP contribution >= 0.6 is 12.2 Å². The summed E-state index contributed by atoms with van der Waals surface area (Å²) in [6, 6.07) is 9.65. The Hall–Kier alpha value is -3.00. The minimum Gasteiger partial charge on any atom is -0.456 e. The van der Waals surface area contributed by atoms with E-state index in [9.17, 15) is 14.9 Å². The van der Waals surface area contributed by atoms with Crippen LogP contribution in [0.1, 0.15) is 12.7 Å². The van der Waals surface area contributed by atoms with E-state index in [0.29, 0.717) is 34.4 Å². The van der Waals surface area contributed by atoms with Crippen LogP contribution in [0.4, 0.5) is 5.69 Å². The Morgan fingerprint density at radius 1 is 1.28 bits per heavy atom. The topological polar surface area (TPSA) is 79.8 Å². The van der Waals surface area contributed by atoms with Crippen molar-refractivity contribution in [3.05, 3.63) is 58.0 Å². The van der Waals surface area contributed by atoms with E-state index in [0.717, 1.165) is 0 Å². The Kier molecular flexibility index (Phi) is 4.37. The van der Waals surface area contributed by atoms with Crippen LogP contribution in [0.25, 0.3) is 17.4 Å². The zero-order valence-corrected chi connectivity index (χ0v) is 14.4. The zero-order chi connectivity index (χ0) is 18.1. The monoisotopic (exact) mass is 357 g/mol. The molecule has 0 atom stereocenters. The molecule has 0 spiro atoms. The number of furan rings is 1. The Morgan fingerprint density at radius 2 is 2.00 bits per heavy atom. The lowest BCUT2D eigenvalue weighted by atomic mass is 10.1. The van der Waals surface area contributed by atoms with Crippen molar-refractivity contribution in [2.75, 3.05) is 13.6 Å². The standard InChI is InChI=1S/C17H15N3O4S/c1-3-19-16(21)14(18(2)17(19)25)10-11-8-9-15(24-11)12-6-4-5-7-13(12)20(22)23/h4-10H,3H2,1-2H3/b14-10-. The van der Waals surface area contributed by atoms with Crippen LogP contribution in [0.15, 0.2) is 46.5 Å². The van der Waals surface area contributed by atoms with Crippen LogP contribution in [-0.2, 0) is 4.79 Å². The van der Waals surface area contributed by atoms with Gasteiger partial charge in [0.05, 0.1) is 10.5 Å². The van der Waals surface area contributed by atoms with Crippen LogP contribution in [0, 0.1) is 10.1 Å². The molecule has 2 aromatic rings. The first-order valence-electron chi connectivity index (χ1n) is 7.59. The van der Waals surface area contributed by atoms with Crippen molar-refractivity contribution in [1.82, 2.24) is 9.80 Å². The molecule has 1 amide bonds. The molecular weight excluding hydrogens is 342 g/mol. The number of likely N-dealkylation sites (N-methyl/N-ethyl adjacent to an activating group) is 2. The van der Waals surface area contributed by atoms with E-state index in [1.807, 2.05) is 6.92 Å². The summed E-state index contributed by atoms with van der Waals surface area (Å²) in [5, 5.41) is 11.6. The third-order valence-corrected chi connectivity index (χ3v) is 4.43. The number of thiocarbonyl (C=S) groups is 1. The largest absolute Gasteiger partial charge is 0.456 e. The van der Waals surface area contributed by atoms with Crippen LogP contribution in [0.5, 0.6) is 0 Å². The van der Waals surface area contributed by atoms with Crippen molar-refractivity contribution in [1.29, 1.82) is 0 Å². The van der Waals surface area contributed by atoms with Gasteiger partial charge in [-0.3, -0.25) is 19.8 Å². The molecule has 1 aliphatic rings. The normalized spacial score (nSPS) is 16.2. The molecular formula is C17H15N3O4S. The second-order valence-corrected chi connectivity index (χ2v) is 5.76. The average Bonchev–Trinajstić information content (AvgIpc) is 3.14. The Bertz CT molecular complexity index is 903. The van der Waals surface area contributed by atoms with Gasteiger partial charge < -0.3 is 9.32 Å². The van der Waals surface area contributed by atoms with Crippen molar-refractivity contribution >= 4 is 35.0 Å². The Labute approximate surface area is 149 Å². The van der Waals surface area contributed by atoms with Crippen LogP contribution in [0.3, 0.4) is 0 Å². The molecule has 0 aliphatic carbocycles. The number of carbonyl (C=O) groups excluding carboxylic acids is 1. The summed E-state index contributed by atoms with van der Waals surface area (Å²) in [5.41, 5.74) is 0.743. The summed E-state index contributed by atoms with van der Waals surface area (Å²) in [4.78, 5) is 26.2. The Balaban J connectivity index is 1.97. The van der Waals surface area contributed by atoms with Gasteiger partial charge >= 0.3 is 0 Å². The van der Waals surface area contributed by atoms with Gasteiger partial charge in [0, 0.05) is 25.7 Å². The fourth-order valence-electron chi connectivity index (χ4n) is 2.64. The minimum absolute atomic E-state index is 0.0385. The van der Waals surface area contributed by atoms with Crippen molar-refractivity contribution < 1.29 is 14.1 Å². The zero-order valence-electron chi connectivity index (χ0n) is 13.6. The van der Waals surface area contributed by atoms with Crippen molar-refractivity contribution in [3.63, 3.8) is 0 Å². The average molecular weight is 357 g/mol. The first-order chi connectivity index (χ1) is 11.9. The molecule has 3 rings (SSSR count). The number of amides is 1. The minimum atomic E-state index is -0.457. The van der Waals surface area contributed by atoms with Gasteiger partial charge in [0.25, 0.3) is 11.6 Å². The third-order valence-electron chi connectivity index (χ3n) is 3.93. The lowest BCUT2D eigenvalue weighted by Crippen LogP contribution is -2.30. The fourth-order valence-corrected chi connectivity index (χ4v) is 2.95. The summed E-state index contributed by atoms with van der Waals surface area (Å²) in [5.74, 6) is 0.588. The lowest BCUT2D eigenvalue weighted by Gasteiger charge is -2.13. The Morgan fingerprint density at radius 3 is 2.64 bits per heavy atom. The molecule has 0 saturated carbocycles. The van der Waals surface area contributed by atoms with E-state index in [4.69, 9.17) is 16.6 Å². The van der Waals surface area contributed by atoms with E-state index in [2.05, 4.69) is 0 Å². The van der Waals surface area contributed by atoms with Crippen molar-refractivity contribution in [2.24, 2.45) is 0 Å². The molecule has 1 aromatic heterocycles. The van der Waals surface area contributed by atoms with E-state index in [1.165, 1.54) is 11.0 Å². The number of nitrogens with zero attached hydrogens (tertiary/aromatic N) is 3. The molecule has 7 nitrogen and oxygen atoms in total. The summed E-state index contributed by atoms with van der Waals surface area (Å²) in [6.45, 7) is 2.33. The van der Waals surface area contributed by atoms with Crippen molar-refractivity contribution in [2.45, 2.75) is 6.92 Å². The first kappa shape index (κ1) is 16.8. The molecule has 0 radical (unpaired) electrons. The van der Waals surface area contributed by atoms with Gasteiger partial charge in [-0.25, -0.2) is 0 Å². The van der Waals surface area contributed by atoms with Gasteiger partial charge in [-0.2, -0.15) is 0 Å². The molecule has 0 bridgehead atoms. The molecule has 1 fully saturated rings. The molecule has 128 valence electrons. The van der Waals surface area contributed by atoms with E-state index >= 15 is 0 Å². The molecule has 2 heterocycles. The van der Waals surface area contributed by atoms with Crippen LogP contribution in [0.2, 0.25) is 0 Å². The molecule has 1 saturated heterocycles. The predicted octanol–water partition coefficient (Wildman–Crippen LogP) is 3.27. The summed E-state index contributed by atoms with van der Waals surface area (Å²) < 4.78 is 5.70. The maximum atomic E-state index is 12.4. The molecule has 1 aromatic carbocycles. The summed E-state index contributed by atoms with van der Waals surface area (Å²) in [7, 11) is 1.72. The molecule has 0 N–H and O–H groups in total. The number of benzene rings is 1. The maximum Gasteiger partial charge on any atom is 0.280 e. The third kappa shape index (κ3) is 2.91. The van der Waals surface area contributed by atoms with Crippen LogP contribution in [-0.4, -0.2) is 39.3 Å². The van der Waals surface area contributed by atoms with Crippen molar-refractivity contribution in [3.8, 4) is 11.3 Å². The highest BCUT2D eigenvalue weighted by Gasteiger charge is 2.34. The lowest BCUT2D eigenvalue weighted by molar-refractivity contribution is -0.384. The number of carbonyl (C=O) groups is 1. The van der Waals surface area contributed by atoms with E-state index in [1.54, 1.807) is 48.4 Å². The number of nitro groups is 1. The quantitative estimate of drug-likeness (QED) is 0.362. The molecule has 25 heavy (non-hydrogen) atoms. The van der Waals surface area contributed by atoms with Crippen LogP contribution < -0.4 is 0 Å². The highest BCUT2D eigenvalue weighted by Crippen LogP contribution is 2.32. The maximum absolute atomic E-state index is 12.4. The number of hydrogen-bond donors (Lipinski definition) is 0. The number of nitro benzene ring substituents is 1. The van der Waals surface area contributed by atoms with Gasteiger partial charge in [0.2, 0.25) is 0 Å². The molecule has 1 aliphatic heterocycles. The molecule has 0 unspecified atom stereocenters.